The minimum atomic E-state index is -1.84. The molecule has 3 aromatic carbocycles. The Hall–Kier alpha value is -6.57. The molecule has 23 heteroatoms. The van der Waals surface area contributed by atoms with E-state index in [1.807, 2.05) is 79.7 Å². The molecule has 10 N–H and O–H groups in total. The number of benzene rings is 3. The highest BCUT2D eigenvalue weighted by atomic mass is 16.7. The van der Waals surface area contributed by atoms with Crippen molar-refractivity contribution in [2.45, 2.75) is 108 Å². The molecule has 4 unspecified atom stereocenters. The quantitative estimate of drug-likeness (QED) is 0.0373. The Morgan fingerprint density at radius 1 is 0.671 bits per heavy atom. The van der Waals surface area contributed by atoms with Crippen LogP contribution in [-0.4, -0.2) is 157 Å². The number of aliphatic hydroxyl groups excluding tert-OH is 4. The van der Waals surface area contributed by atoms with Crippen molar-refractivity contribution in [3.63, 3.8) is 0 Å². The lowest BCUT2D eigenvalue weighted by Gasteiger charge is -2.47. The Balaban J connectivity index is 1.02. The van der Waals surface area contributed by atoms with Gasteiger partial charge in [-0.2, -0.15) is 0 Å². The number of nitrogens with one attached hydrogen (secondary N) is 6. The van der Waals surface area contributed by atoms with E-state index in [9.17, 15) is 49.2 Å². The van der Waals surface area contributed by atoms with Crippen molar-refractivity contribution in [1.29, 1.82) is 0 Å². The van der Waals surface area contributed by atoms with Gasteiger partial charge in [0.2, 0.25) is 29.5 Å². The van der Waals surface area contributed by atoms with Crippen LogP contribution < -0.4 is 41.8 Å². The predicted molar refractivity (Wildman–Crippen MR) is 247 cm³/mol. The highest BCUT2D eigenvalue weighted by Gasteiger charge is 2.52. The van der Waals surface area contributed by atoms with Gasteiger partial charge >= 0.3 is 0 Å². The van der Waals surface area contributed by atoms with Gasteiger partial charge in [0, 0.05) is 57.4 Å². The molecule has 70 heavy (non-hydrogen) atoms. The van der Waals surface area contributed by atoms with Crippen molar-refractivity contribution in [1.82, 2.24) is 32.3 Å². The lowest BCUT2D eigenvalue weighted by atomic mass is 9.92. The Kier molecular flexibility index (Phi) is 20.5. The molecule has 380 valence electrons. The van der Waals surface area contributed by atoms with Gasteiger partial charge in [-0.05, 0) is 74.5 Å². The summed E-state index contributed by atoms with van der Waals surface area (Å²) in [5, 5.41) is 47.6. The lowest BCUT2D eigenvalue weighted by molar-refractivity contribution is -0.325. The number of nitrogens with zero attached hydrogens (tertiary/aromatic N) is 1. The van der Waals surface area contributed by atoms with Gasteiger partial charge < -0.3 is 59.5 Å². The van der Waals surface area contributed by atoms with E-state index in [2.05, 4.69) is 32.3 Å². The number of aliphatic imine (C=N–C) groups is 1. The Labute approximate surface area is 403 Å². The summed E-state index contributed by atoms with van der Waals surface area (Å²) in [5.41, 5.74) is 11.9. The third-order valence-electron chi connectivity index (χ3n) is 11.2. The average Bonchev–Trinajstić information content (AvgIpc) is 3.35. The first-order valence-corrected chi connectivity index (χ1v) is 22.4. The zero-order valence-corrected chi connectivity index (χ0v) is 39.3. The number of ether oxygens (including phenoxy) is 6. The summed E-state index contributed by atoms with van der Waals surface area (Å²) in [6.07, 6.45) is -14.9. The molecule has 23 nitrogen and oxygen atoms in total. The summed E-state index contributed by atoms with van der Waals surface area (Å²) >= 11 is 0. The maximum atomic E-state index is 13.2. The second-order valence-corrected chi connectivity index (χ2v) is 16.4. The lowest BCUT2D eigenvalue weighted by Crippen LogP contribution is -2.68. The summed E-state index contributed by atoms with van der Waals surface area (Å²) in [4.78, 5) is 79.8. The first-order chi connectivity index (χ1) is 33.5. The summed E-state index contributed by atoms with van der Waals surface area (Å²) < 4.78 is 33.5. The van der Waals surface area contributed by atoms with Crippen molar-refractivity contribution >= 4 is 41.2 Å². The van der Waals surface area contributed by atoms with Gasteiger partial charge in [0.25, 0.3) is 5.91 Å². The van der Waals surface area contributed by atoms with E-state index in [4.69, 9.17) is 33.4 Å². The molecule has 0 aromatic heterocycles. The SMILES string of the molecule is COc1ccc(C(=NCCNC(=O)CCC(=O)NNC(=O)CCC(=O)NNC(=O)[C@@H]2O[C@@H](OC3C(NC(C)=O)[C@H](C)O[C@@H](CO)[C@H]3O)C(O)C(O)[C@@H]2OC)c2ccc(Oc3ccc(C)cc3)cc2)cc1. The van der Waals surface area contributed by atoms with Crippen molar-refractivity contribution in [2.24, 2.45) is 4.99 Å². The standard InChI is InChI=1S/C47H61N7O16/c1-25-6-12-31(13-7-25)68-32-16-10-29(11-17-32)39(28-8-14-30(65-4)15-9-28)49-23-22-48-34(57)18-19-35(58)51-52-36(59)20-21-37(60)53-54-46(64)45-44(66-5)41(62)42(63)47(70-45)69-43-38(50-27(3)56)26(2)67-33(24-55)40(43)61/h6-17,26,33,38,40-45,47,55,61-63H,18-24H2,1-5H3,(H,48,57)(H,50,56)(H,51,58)(H,52,59)(H,53,60)(H,54,64)/t26-,33-,38?,40+,41?,42?,43?,44-,45+,47+/m0/s1. The molecule has 0 aliphatic carbocycles. The second kappa shape index (κ2) is 26.4. The van der Waals surface area contributed by atoms with Gasteiger partial charge in [0.05, 0.1) is 38.1 Å². The first kappa shape index (κ1) is 54.4. The summed E-state index contributed by atoms with van der Waals surface area (Å²) in [5.74, 6) is -2.26. The number of aliphatic hydroxyl groups is 4. The van der Waals surface area contributed by atoms with Crippen LogP contribution in [0.25, 0.3) is 0 Å². The fourth-order valence-electron chi connectivity index (χ4n) is 7.42. The van der Waals surface area contributed by atoms with Crippen LogP contribution in [0.3, 0.4) is 0 Å². The van der Waals surface area contributed by atoms with E-state index >= 15 is 0 Å². The molecule has 2 fully saturated rings. The number of hydrogen-bond acceptors (Lipinski definition) is 17. The third kappa shape index (κ3) is 15.5. The number of methoxy groups -OCH3 is 2. The van der Waals surface area contributed by atoms with Crippen LogP contribution in [0, 0.1) is 6.92 Å². The molecule has 0 saturated carbocycles. The van der Waals surface area contributed by atoms with Crippen molar-refractivity contribution in [3.05, 3.63) is 89.5 Å². The first-order valence-electron chi connectivity index (χ1n) is 22.4. The summed E-state index contributed by atoms with van der Waals surface area (Å²) in [6, 6.07) is 21.6. The molecule has 2 aliphatic rings. The fraction of sp³-hybridized carbons (Fsp3) is 0.468. The molecule has 3 aromatic rings. The van der Waals surface area contributed by atoms with Gasteiger partial charge in [-0.25, -0.2) is 0 Å². The molecule has 5 rings (SSSR count). The maximum absolute atomic E-state index is 13.2. The average molecular weight is 980 g/mol. The highest BCUT2D eigenvalue weighted by Crippen LogP contribution is 2.30. The minimum Gasteiger partial charge on any atom is -0.497 e. The number of carbonyl (C=O) groups excluding carboxylic acids is 6. The third-order valence-corrected chi connectivity index (χ3v) is 11.2. The molecule has 2 heterocycles. The van der Waals surface area contributed by atoms with Crippen LogP contribution in [0.15, 0.2) is 77.8 Å². The Morgan fingerprint density at radius 2 is 1.20 bits per heavy atom. The van der Waals surface area contributed by atoms with Crippen molar-refractivity contribution < 1.29 is 77.6 Å². The predicted octanol–water partition coefficient (Wildman–Crippen LogP) is -0.903. The Morgan fingerprint density at radius 3 is 1.73 bits per heavy atom. The second-order valence-electron chi connectivity index (χ2n) is 16.4. The Bertz CT molecular complexity index is 2270. The number of carbonyl (C=O) groups is 6. The fourth-order valence-corrected chi connectivity index (χ4v) is 7.42. The molecule has 2 saturated heterocycles. The smallest absolute Gasteiger partial charge is 0.270 e. The van der Waals surface area contributed by atoms with E-state index in [1.54, 1.807) is 14.0 Å². The normalized spacial score (nSPS) is 24.3. The number of rotatable bonds is 20. The van der Waals surface area contributed by atoms with Crippen LogP contribution in [0.4, 0.5) is 0 Å². The van der Waals surface area contributed by atoms with Crippen LogP contribution >= 0.6 is 0 Å². The van der Waals surface area contributed by atoms with E-state index in [-0.39, 0.29) is 25.9 Å². The van der Waals surface area contributed by atoms with Gasteiger partial charge in [-0.15, -0.1) is 0 Å². The molecular weight excluding hydrogens is 919 g/mol. The number of aryl methyl sites for hydroxylation is 1. The molecule has 0 radical (unpaired) electrons. The van der Waals surface area contributed by atoms with Crippen molar-refractivity contribution in [2.75, 3.05) is 33.9 Å². The van der Waals surface area contributed by atoms with E-state index < -0.39 is 116 Å². The summed E-state index contributed by atoms with van der Waals surface area (Å²) in [7, 11) is 2.70. The van der Waals surface area contributed by atoms with E-state index in [0.29, 0.717) is 23.0 Å². The molecule has 0 spiro atoms. The monoisotopic (exact) mass is 979 g/mol. The number of hydrogen-bond donors (Lipinski definition) is 10. The highest BCUT2D eigenvalue weighted by molar-refractivity contribution is 6.13. The topological polar surface area (TPSA) is 323 Å². The van der Waals surface area contributed by atoms with Crippen molar-refractivity contribution in [3.8, 4) is 17.2 Å². The molecular formula is C47H61N7O16. The molecule has 10 atom stereocenters. The van der Waals surface area contributed by atoms with Crippen LogP contribution in [0.5, 0.6) is 17.2 Å². The largest absolute Gasteiger partial charge is 0.497 e. The van der Waals surface area contributed by atoms with E-state index in [1.165, 1.54) is 6.92 Å². The van der Waals surface area contributed by atoms with Gasteiger partial charge in [0.1, 0.15) is 53.9 Å². The number of hydrazine groups is 2. The van der Waals surface area contributed by atoms with Crippen LogP contribution in [0.2, 0.25) is 0 Å². The molecule has 2 aliphatic heterocycles. The van der Waals surface area contributed by atoms with Crippen LogP contribution in [0.1, 0.15) is 56.2 Å². The van der Waals surface area contributed by atoms with Crippen LogP contribution in [-0.2, 0) is 47.7 Å². The molecule has 0 bridgehead atoms. The zero-order chi connectivity index (χ0) is 50.9. The molecule has 6 amide bonds. The van der Waals surface area contributed by atoms with Gasteiger partial charge in [-0.3, -0.25) is 55.5 Å². The number of amides is 6. The minimum absolute atomic E-state index is 0.170. The van der Waals surface area contributed by atoms with Gasteiger partial charge in [-0.1, -0.05) is 17.7 Å². The summed E-state index contributed by atoms with van der Waals surface area (Å²) in [6.45, 7) is 4.52. The maximum Gasteiger partial charge on any atom is 0.270 e. The van der Waals surface area contributed by atoms with E-state index in [0.717, 1.165) is 23.8 Å². The zero-order valence-electron chi connectivity index (χ0n) is 39.3. The van der Waals surface area contributed by atoms with Gasteiger partial charge in [0.15, 0.2) is 12.4 Å².